The zero-order chi connectivity index (χ0) is 22.3. The molecular formula is C20H24FN3O5S. The number of hydrogen-bond acceptors (Lipinski definition) is 5. The molecule has 2 aromatic carbocycles. The van der Waals surface area contributed by atoms with Gasteiger partial charge in [-0.1, -0.05) is 25.1 Å². The Hall–Kier alpha value is -3.01. The van der Waals surface area contributed by atoms with Gasteiger partial charge in [0.1, 0.15) is 11.9 Å². The molecule has 0 heterocycles. The number of nitro benzene ring substituents is 1. The van der Waals surface area contributed by atoms with Gasteiger partial charge in [0.05, 0.1) is 16.9 Å². The normalized spacial score (nSPS) is 12.2. The highest BCUT2D eigenvalue weighted by atomic mass is 32.2. The van der Waals surface area contributed by atoms with Crippen molar-refractivity contribution >= 4 is 27.3 Å². The first-order chi connectivity index (χ1) is 14.1. The summed E-state index contributed by atoms with van der Waals surface area (Å²) >= 11 is 0. The highest BCUT2D eigenvalue weighted by Gasteiger charge is 2.32. The van der Waals surface area contributed by atoms with E-state index >= 15 is 0 Å². The van der Waals surface area contributed by atoms with Crippen LogP contribution in [0.2, 0.25) is 0 Å². The summed E-state index contributed by atoms with van der Waals surface area (Å²) in [5.74, 6) is -0.812. The van der Waals surface area contributed by atoms with Crippen LogP contribution in [0.15, 0.2) is 48.5 Å². The summed E-state index contributed by atoms with van der Waals surface area (Å²) in [6.45, 7) is 1.97. The van der Waals surface area contributed by atoms with Crippen LogP contribution in [0.25, 0.3) is 0 Å². The standard InChI is InChI=1S/C20H24FN3O5S/c1-3-19(20(25)22-13-5-6-15-9-11-16(21)12-10-15)23(30(2,28)29)17-7-4-8-18(14-17)24(26)27/h4,7-12,14,19H,3,5-6,13H2,1-2H3,(H,22,25). The third kappa shape index (κ3) is 6.24. The van der Waals surface area contributed by atoms with Gasteiger partial charge in [0.2, 0.25) is 15.9 Å². The van der Waals surface area contributed by atoms with Gasteiger partial charge in [-0.3, -0.25) is 19.2 Å². The van der Waals surface area contributed by atoms with E-state index in [9.17, 15) is 27.7 Å². The van der Waals surface area contributed by atoms with Gasteiger partial charge >= 0.3 is 0 Å². The van der Waals surface area contributed by atoms with E-state index in [4.69, 9.17) is 0 Å². The van der Waals surface area contributed by atoms with Gasteiger partial charge in [0.25, 0.3) is 5.69 Å². The van der Waals surface area contributed by atoms with Crippen molar-refractivity contribution in [2.24, 2.45) is 0 Å². The maximum absolute atomic E-state index is 12.9. The number of non-ortho nitro benzene ring substituents is 1. The Labute approximate surface area is 174 Å². The highest BCUT2D eigenvalue weighted by Crippen LogP contribution is 2.26. The molecule has 0 radical (unpaired) electrons. The molecule has 30 heavy (non-hydrogen) atoms. The fourth-order valence-electron chi connectivity index (χ4n) is 3.08. The van der Waals surface area contributed by atoms with E-state index in [2.05, 4.69) is 5.32 Å². The summed E-state index contributed by atoms with van der Waals surface area (Å²) in [4.78, 5) is 23.1. The summed E-state index contributed by atoms with van der Waals surface area (Å²) in [6.07, 6.45) is 2.34. The van der Waals surface area contributed by atoms with Gasteiger partial charge in [-0.15, -0.1) is 0 Å². The van der Waals surface area contributed by atoms with Crippen molar-refractivity contribution < 1.29 is 22.5 Å². The Morgan fingerprint density at radius 2 is 1.90 bits per heavy atom. The van der Waals surface area contributed by atoms with Gasteiger partial charge in [-0.05, 0) is 43.0 Å². The lowest BCUT2D eigenvalue weighted by Gasteiger charge is -2.30. The van der Waals surface area contributed by atoms with Crippen molar-refractivity contribution in [2.45, 2.75) is 32.2 Å². The van der Waals surface area contributed by atoms with Crippen molar-refractivity contribution in [1.82, 2.24) is 5.32 Å². The molecule has 10 heteroatoms. The molecule has 0 aromatic heterocycles. The minimum atomic E-state index is -3.88. The number of rotatable bonds is 10. The Kier molecular flexibility index (Phi) is 7.87. The van der Waals surface area contributed by atoms with Crippen LogP contribution in [0.5, 0.6) is 0 Å². The first kappa shape index (κ1) is 23.3. The number of carbonyl (C=O) groups is 1. The van der Waals surface area contributed by atoms with E-state index in [0.29, 0.717) is 19.4 Å². The monoisotopic (exact) mass is 437 g/mol. The van der Waals surface area contributed by atoms with Gasteiger partial charge in [-0.25, -0.2) is 12.8 Å². The first-order valence-electron chi connectivity index (χ1n) is 9.39. The molecule has 2 aromatic rings. The molecule has 0 aliphatic carbocycles. The number of hydrogen-bond donors (Lipinski definition) is 1. The van der Waals surface area contributed by atoms with E-state index in [1.807, 2.05) is 0 Å². The van der Waals surface area contributed by atoms with E-state index in [-0.39, 0.29) is 23.6 Å². The van der Waals surface area contributed by atoms with Crippen LogP contribution in [0.4, 0.5) is 15.8 Å². The Bertz CT molecular complexity index is 996. The van der Waals surface area contributed by atoms with E-state index in [1.54, 1.807) is 19.1 Å². The van der Waals surface area contributed by atoms with Gasteiger partial charge in [0.15, 0.2) is 0 Å². The molecule has 162 valence electrons. The van der Waals surface area contributed by atoms with Crippen LogP contribution in [-0.2, 0) is 21.2 Å². The SMILES string of the molecule is CCC(C(=O)NCCCc1ccc(F)cc1)N(c1cccc([N+](=O)[O-])c1)S(C)(=O)=O. The predicted molar refractivity (Wildman–Crippen MR) is 112 cm³/mol. The number of amides is 1. The zero-order valence-electron chi connectivity index (χ0n) is 16.7. The van der Waals surface area contributed by atoms with Crippen molar-refractivity contribution in [1.29, 1.82) is 0 Å². The van der Waals surface area contributed by atoms with Crippen LogP contribution in [0, 0.1) is 15.9 Å². The molecule has 0 saturated heterocycles. The lowest BCUT2D eigenvalue weighted by atomic mass is 10.1. The molecule has 1 unspecified atom stereocenters. The molecule has 0 aliphatic heterocycles. The topological polar surface area (TPSA) is 110 Å². The Morgan fingerprint density at radius 3 is 2.47 bits per heavy atom. The van der Waals surface area contributed by atoms with Crippen molar-refractivity contribution in [3.8, 4) is 0 Å². The zero-order valence-corrected chi connectivity index (χ0v) is 17.6. The number of nitrogens with zero attached hydrogens (tertiary/aromatic N) is 2. The molecule has 0 spiro atoms. The molecule has 1 amide bonds. The van der Waals surface area contributed by atoms with Crippen LogP contribution >= 0.6 is 0 Å². The number of halogens is 1. The third-order valence-corrected chi connectivity index (χ3v) is 5.66. The maximum Gasteiger partial charge on any atom is 0.271 e. The second-order valence-electron chi connectivity index (χ2n) is 6.78. The fraction of sp³-hybridized carbons (Fsp3) is 0.350. The van der Waals surface area contributed by atoms with Crippen LogP contribution in [0.1, 0.15) is 25.3 Å². The molecule has 0 bridgehead atoms. The lowest BCUT2D eigenvalue weighted by molar-refractivity contribution is -0.384. The number of nitrogens with one attached hydrogen (secondary N) is 1. The molecule has 8 nitrogen and oxygen atoms in total. The first-order valence-corrected chi connectivity index (χ1v) is 11.2. The van der Waals surface area contributed by atoms with Gasteiger partial charge in [-0.2, -0.15) is 0 Å². The smallest absolute Gasteiger partial charge is 0.271 e. The second-order valence-corrected chi connectivity index (χ2v) is 8.64. The molecule has 1 atom stereocenters. The summed E-state index contributed by atoms with van der Waals surface area (Å²) in [5.41, 5.74) is 0.711. The fourth-order valence-corrected chi connectivity index (χ4v) is 4.28. The number of carbonyl (C=O) groups excluding carboxylic acids is 1. The van der Waals surface area contributed by atoms with E-state index in [0.717, 1.165) is 22.2 Å². The van der Waals surface area contributed by atoms with Crippen molar-refractivity contribution in [2.75, 3.05) is 17.1 Å². The quantitative estimate of drug-likeness (QED) is 0.349. The van der Waals surface area contributed by atoms with Crippen LogP contribution in [-0.4, -0.2) is 38.1 Å². The van der Waals surface area contributed by atoms with Crippen molar-refractivity contribution in [3.63, 3.8) is 0 Å². The molecular weight excluding hydrogens is 413 g/mol. The third-order valence-electron chi connectivity index (χ3n) is 4.48. The maximum atomic E-state index is 12.9. The average Bonchev–Trinajstić information content (AvgIpc) is 2.69. The van der Waals surface area contributed by atoms with E-state index in [1.165, 1.54) is 30.3 Å². The number of anilines is 1. The molecule has 2 rings (SSSR count). The van der Waals surface area contributed by atoms with Gasteiger partial charge < -0.3 is 5.32 Å². The van der Waals surface area contributed by atoms with Gasteiger partial charge in [0, 0.05) is 18.7 Å². The predicted octanol–water partition coefficient (Wildman–Crippen LogP) is 3.03. The highest BCUT2D eigenvalue weighted by molar-refractivity contribution is 7.92. The summed E-state index contributed by atoms with van der Waals surface area (Å²) in [5, 5.41) is 13.8. The van der Waals surface area contributed by atoms with Crippen LogP contribution in [0.3, 0.4) is 0 Å². The molecule has 0 aliphatic rings. The Balaban J connectivity index is 2.10. The second kappa shape index (κ2) is 10.1. The van der Waals surface area contributed by atoms with Crippen molar-refractivity contribution in [3.05, 3.63) is 70.0 Å². The summed E-state index contributed by atoms with van der Waals surface area (Å²) in [6, 6.07) is 10.2. The summed E-state index contributed by atoms with van der Waals surface area (Å²) in [7, 11) is -3.88. The number of sulfonamides is 1. The average molecular weight is 437 g/mol. The largest absolute Gasteiger partial charge is 0.354 e. The summed E-state index contributed by atoms with van der Waals surface area (Å²) < 4.78 is 38.7. The minimum absolute atomic E-state index is 0.0556. The number of benzene rings is 2. The number of nitro groups is 1. The molecule has 0 fully saturated rings. The van der Waals surface area contributed by atoms with E-state index < -0.39 is 26.9 Å². The van der Waals surface area contributed by atoms with Crippen LogP contribution < -0.4 is 9.62 Å². The number of aryl methyl sites for hydroxylation is 1. The minimum Gasteiger partial charge on any atom is -0.354 e. The molecule has 1 N–H and O–H groups in total. The molecule has 0 saturated carbocycles. The Morgan fingerprint density at radius 1 is 1.23 bits per heavy atom. The lowest BCUT2D eigenvalue weighted by Crippen LogP contribution is -2.49.